The highest BCUT2D eigenvalue weighted by Crippen LogP contribution is 2.58. The number of methoxy groups -OCH3 is 2. The monoisotopic (exact) mass is 874 g/mol. The molecule has 1 heterocycles. The summed E-state index contributed by atoms with van der Waals surface area (Å²) in [6.45, 7) is 8.36. The average molecular weight is 874 g/mol. The number of aromatic nitrogens is 2. The third-order valence-corrected chi connectivity index (χ3v) is 13.4. The molecule has 0 unspecified atom stereocenters. The van der Waals surface area contributed by atoms with Crippen LogP contribution in [-0.2, 0) is 19.1 Å². The summed E-state index contributed by atoms with van der Waals surface area (Å²) in [5.41, 5.74) is 2.89. The van der Waals surface area contributed by atoms with Gasteiger partial charge in [-0.05, 0) is 137 Å². The van der Waals surface area contributed by atoms with E-state index in [1.807, 2.05) is 24.3 Å². The first kappa shape index (κ1) is 47.4. The number of rotatable bonds is 25. The molecule has 2 N–H and O–H groups in total. The van der Waals surface area contributed by atoms with Gasteiger partial charge in [-0.15, -0.1) is 0 Å². The van der Waals surface area contributed by atoms with Gasteiger partial charge in [-0.25, -0.2) is 9.48 Å². The second kappa shape index (κ2) is 21.5. The summed E-state index contributed by atoms with van der Waals surface area (Å²) < 4.78 is 24.1. The van der Waals surface area contributed by atoms with Crippen LogP contribution in [0.15, 0.2) is 47.6 Å². The van der Waals surface area contributed by atoms with Gasteiger partial charge in [0.1, 0.15) is 30.2 Å². The number of nitrogens with one attached hydrogen (secondary N) is 1. The lowest BCUT2D eigenvalue weighted by Crippen LogP contribution is -2.70. The molecular formula is C47H67N7O9. The van der Waals surface area contributed by atoms with Gasteiger partial charge < -0.3 is 44.1 Å². The number of anilines is 1. The lowest BCUT2D eigenvalue weighted by atomic mass is 9.48. The molecule has 3 aromatic rings. The SMILES string of the molecule is COc1cccc(OC)c1-c1cc(C(=O)NC2(C(=O)O)C3CC4CC(C3)CC2C4)nn1-c1ccc(N(C)CCCN(C)CCCN(C)C(=O)COCCOCCN=O)cc1C(C)C. The van der Waals surface area contributed by atoms with Gasteiger partial charge in [-0.2, -0.15) is 10.0 Å². The van der Waals surface area contributed by atoms with Gasteiger partial charge >= 0.3 is 5.97 Å². The molecule has 2 amide bonds. The molecule has 4 saturated carbocycles. The van der Waals surface area contributed by atoms with Gasteiger partial charge in [0.2, 0.25) is 5.91 Å². The third-order valence-electron chi connectivity index (χ3n) is 13.4. The van der Waals surface area contributed by atoms with E-state index in [2.05, 4.69) is 60.4 Å². The van der Waals surface area contributed by atoms with Crippen molar-refractivity contribution in [2.45, 2.75) is 70.3 Å². The van der Waals surface area contributed by atoms with E-state index < -0.39 is 17.4 Å². The van der Waals surface area contributed by atoms with Crippen LogP contribution in [-0.4, -0.2) is 143 Å². The number of ether oxygens (including phenoxy) is 4. The molecular weight excluding hydrogens is 807 g/mol. The molecule has 16 heteroatoms. The number of likely N-dealkylation sites (N-methyl/N-ethyl adjacent to an activating group) is 1. The minimum atomic E-state index is -1.32. The standard InChI is InChI=1S/C47H67N7O9/c1-31(2)37-28-36(52(4)18-9-16-51(3)17-10-19-53(5)43(55)30-63-22-21-62-20-15-48-59)13-14-39(37)54-40(44-41(60-6)11-8-12-42(44)61-7)29-38(50-54)45(56)49-47(46(57)58)34-24-32-23-33(26-34)27-35(47)25-32/h8,11-14,28-29,31-35H,9-10,15-27,30H2,1-7H3,(H,49,56)(H,57,58). The number of aliphatic carboxylic acids is 1. The average Bonchev–Trinajstić information content (AvgIpc) is 3.71. The molecule has 0 aliphatic heterocycles. The Bertz CT molecular complexity index is 2000. The summed E-state index contributed by atoms with van der Waals surface area (Å²) in [5, 5.41) is 21.6. The van der Waals surface area contributed by atoms with Crippen LogP contribution in [0.3, 0.4) is 0 Å². The maximum atomic E-state index is 14.4. The predicted octanol–water partition coefficient (Wildman–Crippen LogP) is 6.10. The normalized spacial score (nSPS) is 21.2. The lowest BCUT2D eigenvalue weighted by molar-refractivity contribution is -0.163. The van der Waals surface area contributed by atoms with Crippen LogP contribution in [0.4, 0.5) is 5.69 Å². The molecule has 2 aromatic carbocycles. The maximum Gasteiger partial charge on any atom is 0.330 e. The van der Waals surface area contributed by atoms with Crippen LogP contribution in [0.1, 0.15) is 80.8 Å². The highest BCUT2D eigenvalue weighted by molar-refractivity contribution is 5.98. The predicted molar refractivity (Wildman–Crippen MR) is 241 cm³/mol. The van der Waals surface area contributed by atoms with Crippen molar-refractivity contribution in [3.63, 3.8) is 0 Å². The highest BCUT2D eigenvalue weighted by atomic mass is 16.5. The summed E-state index contributed by atoms with van der Waals surface area (Å²) >= 11 is 0. The Hall–Kier alpha value is -5.06. The third kappa shape index (κ3) is 10.8. The molecule has 1 aromatic heterocycles. The lowest BCUT2D eigenvalue weighted by Gasteiger charge is -2.59. The van der Waals surface area contributed by atoms with E-state index in [9.17, 15) is 24.4 Å². The molecule has 0 atom stereocenters. The van der Waals surface area contributed by atoms with Crippen molar-refractivity contribution in [2.75, 3.05) is 99.4 Å². The Kier molecular flexibility index (Phi) is 16.2. The first-order chi connectivity index (χ1) is 30.3. The zero-order valence-electron chi connectivity index (χ0n) is 38.1. The number of nitroso groups, excluding NO2 is 1. The van der Waals surface area contributed by atoms with Crippen molar-refractivity contribution in [3.05, 3.63) is 58.6 Å². The number of hydrogen-bond acceptors (Lipinski definition) is 12. The van der Waals surface area contributed by atoms with Crippen LogP contribution in [0.5, 0.6) is 11.5 Å². The number of carboxylic acid groups (broad SMARTS) is 1. The fourth-order valence-corrected chi connectivity index (χ4v) is 10.3. The minimum Gasteiger partial charge on any atom is -0.496 e. The number of amides is 2. The van der Waals surface area contributed by atoms with Crippen LogP contribution in [0, 0.1) is 28.6 Å². The Morgan fingerprint density at radius 1 is 0.873 bits per heavy atom. The molecule has 0 radical (unpaired) electrons. The number of benzene rings is 2. The smallest absolute Gasteiger partial charge is 0.330 e. The highest BCUT2D eigenvalue weighted by Gasteiger charge is 2.62. The summed E-state index contributed by atoms with van der Waals surface area (Å²) in [6.07, 6.45) is 6.23. The maximum absolute atomic E-state index is 14.4. The summed E-state index contributed by atoms with van der Waals surface area (Å²) in [6, 6.07) is 13.5. The second-order valence-corrected chi connectivity index (χ2v) is 18.0. The van der Waals surface area contributed by atoms with Gasteiger partial charge in [0.15, 0.2) is 5.69 Å². The van der Waals surface area contributed by atoms with E-state index in [4.69, 9.17) is 24.0 Å². The molecule has 4 aliphatic carbocycles. The first-order valence-electron chi connectivity index (χ1n) is 22.4. The number of carbonyl (C=O) groups excluding carboxylic acids is 2. The Labute approximate surface area is 371 Å². The summed E-state index contributed by atoms with van der Waals surface area (Å²) in [5.74, 6) is 0.510. The molecule has 4 bridgehead atoms. The molecule has 16 nitrogen and oxygen atoms in total. The van der Waals surface area contributed by atoms with Gasteiger partial charge in [0, 0.05) is 32.9 Å². The molecule has 4 fully saturated rings. The van der Waals surface area contributed by atoms with Gasteiger partial charge in [-0.1, -0.05) is 25.1 Å². The second-order valence-electron chi connectivity index (χ2n) is 18.0. The minimum absolute atomic E-state index is 0.0122. The molecule has 0 saturated heterocycles. The number of hydrogen-bond donors (Lipinski definition) is 2. The zero-order valence-corrected chi connectivity index (χ0v) is 38.1. The van der Waals surface area contributed by atoms with Crippen molar-refractivity contribution >= 4 is 23.5 Å². The van der Waals surface area contributed by atoms with Crippen LogP contribution < -0.4 is 19.7 Å². The van der Waals surface area contributed by atoms with E-state index in [1.54, 1.807) is 36.9 Å². The van der Waals surface area contributed by atoms with E-state index in [1.165, 1.54) is 6.42 Å². The molecule has 7 rings (SSSR count). The van der Waals surface area contributed by atoms with Crippen LogP contribution in [0.2, 0.25) is 0 Å². The molecule has 344 valence electrons. The number of nitrogens with zero attached hydrogens (tertiary/aromatic N) is 6. The van der Waals surface area contributed by atoms with Crippen molar-refractivity contribution in [1.82, 2.24) is 24.9 Å². The Morgan fingerprint density at radius 2 is 1.51 bits per heavy atom. The fraction of sp³-hybridized carbons (Fsp3) is 0.617. The summed E-state index contributed by atoms with van der Waals surface area (Å²) in [7, 11) is 9.14. The van der Waals surface area contributed by atoms with Crippen molar-refractivity contribution in [2.24, 2.45) is 28.8 Å². The first-order valence-corrected chi connectivity index (χ1v) is 22.4. The zero-order chi connectivity index (χ0) is 45.3. The van der Waals surface area contributed by atoms with Crippen LogP contribution >= 0.6 is 0 Å². The van der Waals surface area contributed by atoms with E-state index in [0.717, 1.165) is 75.1 Å². The van der Waals surface area contributed by atoms with E-state index in [-0.39, 0.29) is 55.7 Å². The number of carbonyl (C=O) groups is 3. The van der Waals surface area contributed by atoms with Crippen molar-refractivity contribution in [3.8, 4) is 28.4 Å². The Balaban J connectivity index is 1.14. The van der Waals surface area contributed by atoms with Gasteiger partial charge in [0.05, 0.1) is 51.0 Å². The Morgan fingerprint density at radius 3 is 2.11 bits per heavy atom. The van der Waals surface area contributed by atoms with Crippen molar-refractivity contribution < 1.29 is 38.4 Å². The van der Waals surface area contributed by atoms with Crippen molar-refractivity contribution in [1.29, 1.82) is 0 Å². The number of carboxylic acids is 1. The topological polar surface area (TPSA) is 177 Å². The van der Waals surface area contributed by atoms with Crippen LogP contribution in [0.25, 0.3) is 16.9 Å². The van der Waals surface area contributed by atoms with E-state index in [0.29, 0.717) is 47.7 Å². The van der Waals surface area contributed by atoms with Gasteiger partial charge in [-0.3, -0.25) is 9.59 Å². The van der Waals surface area contributed by atoms with Gasteiger partial charge in [0.25, 0.3) is 5.91 Å². The largest absolute Gasteiger partial charge is 0.496 e. The van der Waals surface area contributed by atoms with E-state index >= 15 is 0 Å². The quantitative estimate of drug-likeness (QED) is 0.0741. The molecule has 0 spiro atoms. The molecule has 4 aliphatic rings. The molecule has 63 heavy (non-hydrogen) atoms. The fourth-order valence-electron chi connectivity index (χ4n) is 10.3. The summed E-state index contributed by atoms with van der Waals surface area (Å²) in [4.78, 5) is 56.4.